The second-order valence-electron chi connectivity index (χ2n) is 13.2. The number of nitrogens with one attached hydrogen (secondary N) is 2. The third kappa shape index (κ3) is 6.35. The van der Waals surface area contributed by atoms with Crippen LogP contribution in [0.2, 0.25) is 0 Å². The fourth-order valence-corrected chi connectivity index (χ4v) is 8.34. The number of alkyl carbamates (subject to hydrolysis) is 1. The molecule has 2 aromatic heterocycles. The van der Waals surface area contributed by atoms with Crippen LogP contribution >= 0.6 is 11.3 Å². The molecule has 14 nitrogen and oxygen atoms in total. The Bertz CT molecular complexity index is 1880. The minimum atomic E-state index is -4.19. The SMILES string of the molecule is [C-]#[N+]C1(NS(=O)(=O)c2cc(N3CC4CCC(C3)N4C(=O)[C@H](C)NC(=O)OC(C)(C)C)c3c(c2)c(-c2nnc(C(F)F)s2)nn3C)CC1. The number of amides is 2. The van der Waals surface area contributed by atoms with Crippen LogP contribution in [0.15, 0.2) is 17.0 Å². The summed E-state index contributed by atoms with van der Waals surface area (Å²) >= 11 is 0.675. The van der Waals surface area contributed by atoms with Gasteiger partial charge in [-0.15, -0.1) is 14.9 Å². The predicted octanol–water partition coefficient (Wildman–Crippen LogP) is 3.81. The van der Waals surface area contributed by atoms with Crippen LogP contribution in [-0.4, -0.2) is 87.8 Å². The van der Waals surface area contributed by atoms with Crippen LogP contribution in [-0.2, 0) is 26.6 Å². The fraction of sp³-hybridized carbons (Fsp3) is 0.586. The number of rotatable bonds is 8. The molecule has 4 heterocycles. The number of carbonyl (C=O) groups is 2. The first kappa shape index (κ1) is 33.0. The van der Waals surface area contributed by atoms with Crippen molar-refractivity contribution in [2.24, 2.45) is 7.05 Å². The highest BCUT2D eigenvalue weighted by Gasteiger charge is 2.54. The minimum Gasteiger partial charge on any atom is -0.444 e. The Balaban J connectivity index is 1.36. The van der Waals surface area contributed by atoms with E-state index in [1.54, 1.807) is 44.3 Å². The van der Waals surface area contributed by atoms with Crippen LogP contribution in [0.4, 0.5) is 19.3 Å². The number of carbonyl (C=O) groups excluding carboxylic acids is 2. The zero-order valence-electron chi connectivity index (χ0n) is 26.5. The summed E-state index contributed by atoms with van der Waals surface area (Å²) in [6.45, 7) is 15.0. The van der Waals surface area contributed by atoms with Crippen molar-refractivity contribution < 1.29 is 31.5 Å². The van der Waals surface area contributed by atoms with Gasteiger partial charge in [0.25, 0.3) is 12.1 Å². The van der Waals surface area contributed by atoms with E-state index in [0.29, 0.717) is 66.7 Å². The first-order valence-corrected chi connectivity index (χ1v) is 17.4. The quantitative estimate of drug-likeness (QED) is 0.336. The van der Waals surface area contributed by atoms with Crippen molar-refractivity contribution in [2.45, 2.75) is 94.1 Å². The number of aromatic nitrogens is 4. The van der Waals surface area contributed by atoms with E-state index in [-0.39, 0.29) is 33.6 Å². The standard InChI is InChI=1S/C29H35F2N9O5S2/c1-15(33-27(42)45-28(2,3)4)26(41)40-16-7-8-17(40)14-39(13-16)20-12-18(47(43,44)37-29(32-5)9-10-29)11-19-21(36-38(6)22(19)20)24-34-35-25(46-24)23(30)31/h11-12,15-17,23,37H,7-10,13-14H2,1-4,6H3,(H,33,42)/t15-,16?,17?/m0/s1. The molecule has 1 aromatic carbocycles. The maximum absolute atomic E-state index is 13.7. The maximum atomic E-state index is 13.7. The normalized spacial score (nSPS) is 21.2. The molecule has 1 aliphatic carbocycles. The molecule has 0 radical (unpaired) electrons. The Labute approximate surface area is 274 Å². The first-order valence-electron chi connectivity index (χ1n) is 15.1. The molecule has 3 fully saturated rings. The Morgan fingerprint density at radius 2 is 1.83 bits per heavy atom. The summed E-state index contributed by atoms with van der Waals surface area (Å²) < 4.78 is 63.6. The Morgan fingerprint density at radius 1 is 1.17 bits per heavy atom. The fourth-order valence-electron chi connectivity index (χ4n) is 6.23. The number of benzene rings is 1. The summed E-state index contributed by atoms with van der Waals surface area (Å²) in [6.07, 6.45) is -1.31. The number of hydrogen-bond acceptors (Lipinski definition) is 10. The molecule has 2 bridgehead atoms. The molecular weight excluding hydrogens is 657 g/mol. The molecule has 2 amide bonds. The van der Waals surface area contributed by atoms with E-state index in [1.165, 1.54) is 12.1 Å². The van der Waals surface area contributed by atoms with Gasteiger partial charge >= 0.3 is 6.09 Å². The van der Waals surface area contributed by atoms with E-state index in [9.17, 15) is 26.8 Å². The maximum Gasteiger partial charge on any atom is 0.408 e. The predicted molar refractivity (Wildman–Crippen MR) is 168 cm³/mol. The van der Waals surface area contributed by atoms with Gasteiger partial charge in [-0.05, 0) is 52.7 Å². The van der Waals surface area contributed by atoms with Gasteiger partial charge in [0.05, 0.1) is 28.9 Å². The highest BCUT2D eigenvalue weighted by Crippen LogP contribution is 2.43. The van der Waals surface area contributed by atoms with E-state index >= 15 is 0 Å². The van der Waals surface area contributed by atoms with Crippen LogP contribution < -0.4 is 14.9 Å². The summed E-state index contributed by atoms with van der Waals surface area (Å²) in [6, 6.07) is 1.68. The molecule has 3 aliphatic rings. The van der Waals surface area contributed by atoms with Crippen molar-refractivity contribution in [1.82, 2.24) is 34.9 Å². The van der Waals surface area contributed by atoms with E-state index in [2.05, 4.69) is 30.2 Å². The van der Waals surface area contributed by atoms with Crippen LogP contribution in [0, 0.1) is 6.57 Å². The molecule has 252 valence electrons. The average molecular weight is 692 g/mol. The molecule has 1 saturated carbocycles. The summed E-state index contributed by atoms with van der Waals surface area (Å²) in [7, 11) is -2.51. The molecule has 6 rings (SSSR count). The van der Waals surface area contributed by atoms with Gasteiger partial charge in [0, 0.05) is 37.6 Å². The third-order valence-corrected chi connectivity index (χ3v) is 10.9. The highest BCUT2D eigenvalue weighted by atomic mass is 32.2. The number of sulfonamides is 1. The number of hydrogen-bond donors (Lipinski definition) is 2. The van der Waals surface area contributed by atoms with Crippen molar-refractivity contribution in [3.05, 3.63) is 28.6 Å². The lowest BCUT2D eigenvalue weighted by molar-refractivity contribution is -0.136. The molecule has 2 aliphatic heterocycles. The van der Waals surface area contributed by atoms with E-state index in [4.69, 9.17) is 11.3 Å². The van der Waals surface area contributed by atoms with Crippen LogP contribution in [0.1, 0.15) is 64.8 Å². The summed E-state index contributed by atoms with van der Waals surface area (Å²) in [5.74, 6) is -0.239. The number of piperazine rings is 1. The lowest BCUT2D eigenvalue weighted by Crippen LogP contribution is -2.60. The van der Waals surface area contributed by atoms with Crippen molar-refractivity contribution in [2.75, 3.05) is 18.0 Å². The van der Waals surface area contributed by atoms with Crippen LogP contribution in [0.5, 0.6) is 0 Å². The molecule has 0 spiro atoms. The van der Waals surface area contributed by atoms with Crippen LogP contribution in [0.25, 0.3) is 26.4 Å². The van der Waals surface area contributed by atoms with Gasteiger partial charge in [-0.1, -0.05) is 11.3 Å². The molecule has 47 heavy (non-hydrogen) atoms. The van der Waals surface area contributed by atoms with Gasteiger partial charge in [-0.25, -0.2) is 28.6 Å². The smallest absolute Gasteiger partial charge is 0.408 e. The second kappa shape index (κ2) is 11.6. The van der Waals surface area contributed by atoms with Gasteiger partial charge < -0.3 is 19.9 Å². The number of ether oxygens (including phenoxy) is 1. The highest BCUT2D eigenvalue weighted by molar-refractivity contribution is 7.89. The monoisotopic (exact) mass is 691 g/mol. The van der Waals surface area contributed by atoms with Crippen molar-refractivity contribution in [1.29, 1.82) is 0 Å². The molecule has 3 aromatic rings. The van der Waals surface area contributed by atoms with E-state index in [0.717, 1.165) is 0 Å². The summed E-state index contributed by atoms with van der Waals surface area (Å²) in [4.78, 5) is 33.1. The van der Waals surface area contributed by atoms with Crippen molar-refractivity contribution in [3.8, 4) is 10.7 Å². The molecule has 18 heteroatoms. The number of aryl methyl sites for hydroxylation is 1. The van der Waals surface area contributed by atoms with Gasteiger partial charge in [0.15, 0.2) is 10.0 Å². The minimum absolute atomic E-state index is 0.108. The van der Waals surface area contributed by atoms with E-state index < -0.39 is 44.9 Å². The van der Waals surface area contributed by atoms with Gasteiger partial charge in [-0.2, -0.15) is 5.10 Å². The number of alkyl halides is 2. The number of halogens is 2. The topological polar surface area (TPSA) is 156 Å². The molecular formula is C29H35F2N9O5S2. The summed E-state index contributed by atoms with van der Waals surface area (Å²) in [5.41, 5.74) is -0.623. The molecule has 2 saturated heterocycles. The van der Waals surface area contributed by atoms with Crippen molar-refractivity contribution >= 4 is 50.0 Å². The average Bonchev–Trinajstić information content (AvgIpc) is 3.28. The number of fused-ring (bicyclic) bond motifs is 3. The second-order valence-corrected chi connectivity index (χ2v) is 15.9. The van der Waals surface area contributed by atoms with Gasteiger partial charge in [0.1, 0.15) is 17.3 Å². The zero-order valence-corrected chi connectivity index (χ0v) is 28.1. The van der Waals surface area contributed by atoms with Crippen LogP contribution in [0.3, 0.4) is 0 Å². The number of nitrogens with zero attached hydrogens (tertiary/aromatic N) is 7. The largest absolute Gasteiger partial charge is 0.444 e. The van der Waals surface area contributed by atoms with Gasteiger partial charge in [0.2, 0.25) is 15.9 Å². The summed E-state index contributed by atoms with van der Waals surface area (Å²) in [5, 5.41) is 14.7. The van der Waals surface area contributed by atoms with Crippen molar-refractivity contribution in [3.63, 3.8) is 0 Å². The zero-order chi connectivity index (χ0) is 34.1. The number of anilines is 1. The molecule has 3 atom stereocenters. The Kier molecular flexibility index (Phi) is 8.16. The first-order chi connectivity index (χ1) is 22.0. The Hall–Kier alpha value is -3.95. The molecule has 2 N–H and O–H groups in total. The third-order valence-electron chi connectivity index (χ3n) is 8.48. The Morgan fingerprint density at radius 3 is 2.38 bits per heavy atom. The lowest BCUT2D eigenvalue weighted by Gasteiger charge is -2.43. The lowest BCUT2D eigenvalue weighted by atomic mass is 10.1. The van der Waals surface area contributed by atoms with Gasteiger partial charge in [-0.3, -0.25) is 14.3 Å². The molecule has 2 unspecified atom stereocenters. The van der Waals surface area contributed by atoms with E-state index in [1.807, 2.05) is 4.90 Å².